The first-order valence-electron chi connectivity index (χ1n) is 11.9. The number of ether oxygens (including phenoxy) is 1. The van der Waals surface area contributed by atoms with Gasteiger partial charge in [0.1, 0.15) is 5.75 Å². The molecule has 0 radical (unpaired) electrons. The van der Waals surface area contributed by atoms with Crippen LogP contribution in [0.1, 0.15) is 30.9 Å². The lowest BCUT2D eigenvalue weighted by atomic mass is 9.81. The van der Waals surface area contributed by atoms with Gasteiger partial charge in [0.15, 0.2) is 0 Å². The number of carboxylic acids is 1. The van der Waals surface area contributed by atoms with Gasteiger partial charge >= 0.3 is 5.97 Å². The number of pyridine rings is 2. The maximum atomic E-state index is 12.1. The smallest absolute Gasteiger partial charge is 0.308 e. The molecule has 2 aromatic heterocycles. The molecule has 0 bridgehead atoms. The molecule has 9 heteroatoms. The van der Waals surface area contributed by atoms with Crippen LogP contribution in [0.2, 0.25) is 0 Å². The van der Waals surface area contributed by atoms with Crippen molar-refractivity contribution >= 4 is 28.6 Å². The SMILES string of the molecule is COc1ccc2nccc(C(CC[C@@H]3CCN(CCSc4ccccn4)C[C@@H]3C(=O)O)NO)c2c1. The molecule has 1 fully saturated rings. The van der Waals surface area contributed by atoms with Crippen molar-refractivity contribution < 1.29 is 19.8 Å². The highest BCUT2D eigenvalue weighted by Gasteiger charge is 2.34. The molecule has 0 spiro atoms. The fraction of sp³-hybridized carbons (Fsp3) is 0.423. The average molecular weight is 497 g/mol. The molecule has 1 aliphatic rings. The first kappa shape index (κ1) is 25.4. The molecule has 1 saturated heterocycles. The number of hydrogen-bond donors (Lipinski definition) is 3. The number of nitrogens with one attached hydrogen (secondary N) is 1. The molecule has 35 heavy (non-hydrogen) atoms. The van der Waals surface area contributed by atoms with Gasteiger partial charge in [0, 0.05) is 36.6 Å². The maximum Gasteiger partial charge on any atom is 0.308 e. The number of thioether (sulfide) groups is 1. The number of carboxylic acid groups (broad SMARTS) is 1. The Hall–Kier alpha value is -2.72. The van der Waals surface area contributed by atoms with Crippen molar-refractivity contribution in [1.82, 2.24) is 20.3 Å². The molecule has 1 unspecified atom stereocenters. The number of likely N-dealkylation sites (tertiary alicyclic amines) is 1. The van der Waals surface area contributed by atoms with Gasteiger partial charge in [0.2, 0.25) is 0 Å². The van der Waals surface area contributed by atoms with Gasteiger partial charge in [0.25, 0.3) is 0 Å². The molecule has 3 aromatic rings. The summed E-state index contributed by atoms with van der Waals surface area (Å²) in [5.41, 5.74) is 4.20. The van der Waals surface area contributed by atoms with Gasteiger partial charge in [-0.2, -0.15) is 5.48 Å². The lowest BCUT2D eigenvalue weighted by Gasteiger charge is -2.37. The van der Waals surface area contributed by atoms with Crippen molar-refractivity contribution in [3.63, 3.8) is 0 Å². The topological polar surface area (TPSA) is 108 Å². The lowest BCUT2D eigenvalue weighted by molar-refractivity contribution is -0.146. The summed E-state index contributed by atoms with van der Waals surface area (Å²) in [6, 6.07) is 13.1. The van der Waals surface area contributed by atoms with E-state index in [4.69, 9.17) is 4.74 Å². The van der Waals surface area contributed by atoms with E-state index < -0.39 is 11.9 Å². The minimum Gasteiger partial charge on any atom is -0.497 e. The van der Waals surface area contributed by atoms with Gasteiger partial charge in [-0.15, -0.1) is 11.8 Å². The van der Waals surface area contributed by atoms with Crippen molar-refractivity contribution in [2.45, 2.75) is 30.3 Å². The number of rotatable bonds is 11. The number of methoxy groups -OCH3 is 1. The molecular formula is C26H32N4O4S. The number of nitrogens with zero attached hydrogens (tertiary/aromatic N) is 3. The fourth-order valence-electron chi connectivity index (χ4n) is 4.86. The molecule has 1 aliphatic heterocycles. The Morgan fingerprint density at radius 3 is 2.89 bits per heavy atom. The Morgan fingerprint density at radius 2 is 2.14 bits per heavy atom. The number of piperidine rings is 1. The quantitative estimate of drug-likeness (QED) is 0.265. The Balaban J connectivity index is 1.37. The van der Waals surface area contributed by atoms with Crippen molar-refractivity contribution in [3.8, 4) is 5.75 Å². The van der Waals surface area contributed by atoms with E-state index in [1.54, 1.807) is 31.3 Å². The number of aromatic nitrogens is 2. The minimum atomic E-state index is -0.746. The van der Waals surface area contributed by atoms with E-state index in [9.17, 15) is 15.1 Å². The predicted octanol–water partition coefficient (Wildman–Crippen LogP) is 4.25. The third-order valence-electron chi connectivity index (χ3n) is 6.79. The second kappa shape index (κ2) is 12.3. The molecule has 8 nitrogen and oxygen atoms in total. The molecule has 3 heterocycles. The summed E-state index contributed by atoms with van der Waals surface area (Å²) in [4.78, 5) is 23.1. The second-order valence-electron chi connectivity index (χ2n) is 8.85. The summed E-state index contributed by atoms with van der Waals surface area (Å²) in [5, 5.41) is 21.8. The van der Waals surface area contributed by atoms with E-state index in [0.717, 1.165) is 52.5 Å². The number of hydrogen-bond acceptors (Lipinski definition) is 8. The molecule has 0 saturated carbocycles. The van der Waals surface area contributed by atoms with Crippen molar-refractivity contribution in [1.29, 1.82) is 0 Å². The number of benzene rings is 1. The van der Waals surface area contributed by atoms with Crippen LogP contribution in [0.15, 0.2) is 59.9 Å². The predicted molar refractivity (Wildman–Crippen MR) is 136 cm³/mol. The first-order valence-corrected chi connectivity index (χ1v) is 12.9. The maximum absolute atomic E-state index is 12.1. The summed E-state index contributed by atoms with van der Waals surface area (Å²) in [7, 11) is 1.62. The Labute approximate surface area is 209 Å². The molecule has 4 rings (SSSR count). The van der Waals surface area contributed by atoms with E-state index in [-0.39, 0.29) is 12.0 Å². The van der Waals surface area contributed by atoms with Crippen LogP contribution in [0.25, 0.3) is 10.9 Å². The lowest BCUT2D eigenvalue weighted by Crippen LogP contribution is -2.44. The molecule has 0 amide bonds. The number of fused-ring (bicyclic) bond motifs is 1. The largest absolute Gasteiger partial charge is 0.497 e. The van der Waals surface area contributed by atoms with Crippen LogP contribution in [0.4, 0.5) is 0 Å². The Bertz CT molecular complexity index is 1120. The summed E-state index contributed by atoms with van der Waals surface area (Å²) >= 11 is 1.69. The summed E-state index contributed by atoms with van der Waals surface area (Å²) in [5.74, 6) is 0.499. The average Bonchev–Trinajstić information content (AvgIpc) is 2.89. The molecule has 186 valence electrons. The van der Waals surface area contributed by atoms with E-state index in [0.29, 0.717) is 19.4 Å². The zero-order valence-corrected chi connectivity index (χ0v) is 20.7. The summed E-state index contributed by atoms with van der Waals surface area (Å²) < 4.78 is 5.36. The van der Waals surface area contributed by atoms with Crippen LogP contribution in [-0.2, 0) is 4.79 Å². The van der Waals surface area contributed by atoms with Crippen LogP contribution in [0, 0.1) is 11.8 Å². The van der Waals surface area contributed by atoms with Gasteiger partial charge < -0.3 is 20.0 Å². The van der Waals surface area contributed by atoms with Gasteiger partial charge in [-0.25, -0.2) is 4.98 Å². The monoisotopic (exact) mass is 496 g/mol. The van der Waals surface area contributed by atoms with Crippen LogP contribution < -0.4 is 10.2 Å². The summed E-state index contributed by atoms with van der Waals surface area (Å²) in [6.45, 7) is 2.27. The highest BCUT2D eigenvalue weighted by atomic mass is 32.2. The third-order valence-corrected chi connectivity index (χ3v) is 7.72. The Morgan fingerprint density at radius 1 is 1.26 bits per heavy atom. The highest BCUT2D eigenvalue weighted by Crippen LogP contribution is 2.34. The van der Waals surface area contributed by atoms with E-state index in [1.165, 1.54) is 0 Å². The molecule has 3 atom stereocenters. The number of hydroxylamine groups is 1. The molecule has 0 aliphatic carbocycles. The molecular weight excluding hydrogens is 464 g/mol. The van der Waals surface area contributed by atoms with E-state index in [2.05, 4.69) is 20.3 Å². The summed E-state index contributed by atoms with van der Waals surface area (Å²) in [6.07, 6.45) is 5.68. The second-order valence-corrected chi connectivity index (χ2v) is 9.97. The van der Waals surface area contributed by atoms with Crippen LogP contribution in [-0.4, -0.2) is 63.6 Å². The standard InChI is InChI=1S/C26H32N4O4S/c1-34-19-6-8-23-21(16-19)20(9-12-27-23)24(29-33)7-5-18-10-13-30(17-22(18)26(31)32)14-15-35-25-4-2-3-11-28-25/h2-4,6,8-9,11-12,16,18,22,24,29,33H,5,7,10,13-15,17H2,1H3,(H,31,32)/t18-,22+,24?/m1/s1. The third kappa shape index (κ3) is 6.49. The highest BCUT2D eigenvalue weighted by molar-refractivity contribution is 7.99. The van der Waals surface area contributed by atoms with E-state index in [1.807, 2.05) is 42.5 Å². The Kier molecular flexibility index (Phi) is 8.92. The zero-order chi connectivity index (χ0) is 24.6. The molecule has 1 aromatic carbocycles. The van der Waals surface area contributed by atoms with E-state index >= 15 is 0 Å². The number of carbonyl (C=O) groups is 1. The van der Waals surface area contributed by atoms with Crippen molar-refractivity contribution in [2.75, 3.05) is 32.5 Å². The van der Waals surface area contributed by atoms with Crippen LogP contribution in [0.5, 0.6) is 5.75 Å². The van der Waals surface area contributed by atoms with Gasteiger partial charge in [-0.3, -0.25) is 9.78 Å². The zero-order valence-electron chi connectivity index (χ0n) is 19.8. The molecule has 3 N–H and O–H groups in total. The minimum absolute atomic E-state index is 0.0608. The van der Waals surface area contributed by atoms with Gasteiger partial charge in [-0.05, 0) is 73.7 Å². The normalized spacial score (nSPS) is 19.5. The van der Waals surface area contributed by atoms with Crippen molar-refractivity contribution in [2.24, 2.45) is 11.8 Å². The van der Waals surface area contributed by atoms with Crippen LogP contribution >= 0.6 is 11.8 Å². The fourth-order valence-corrected chi connectivity index (χ4v) is 5.72. The van der Waals surface area contributed by atoms with Crippen LogP contribution in [0.3, 0.4) is 0 Å². The van der Waals surface area contributed by atoms with Gasteiger partial charge in [0.05, 0.1) is 29.6 Å². The number of aliphatic carboxylic acids is 1. The van der Waals surface area contributed by atoms with Gasteiger partial charge in [-0.1, -0.05) is 6.07 Å². The van der Waals surface area contributed by atoms with Crippen molar-refractivity contribution in [3.05, 3.63) is 60.4 Å². The first-order chi connectivity index (χ1) is 17.1.